The number of hydrogen-bond acceptors (Lipinski definition) is 9. The minimum atomic E-state index is -4.02. The molecule has 248 valence electrons. The molecule has 4 atom stereocenters. The quantitative estimate of drug-likeness (QED) is 0.168. The molecule has 4 aromatic rings. The normalized spacial score (nSPS) is 20.3. The highest BCUT2D eigenvalue weighted by Crippen LogP contribution is 2.43. The largest absolute Gasteiger partial charge is 0.407 e. The van der Waals surface area contributed by atoms with Gasteiger partial charge in [0.15, 0.2) is 31.5 Å². The van der Waals surface area contributed by atoms with Crippen LogP contribution in [0.2, 0.25) is 18.1 Å². The van der Waals surface area contributed by atoms with E-state index in [2.05, 4.69) is 61.1 Å². The first kappa shape index (κ1) is 35.3. The molecular weight excluding hydrogens is 627 g/mol. The van der Waals surface area contributed by atoms with Gasteiger partial charge in [-0.25, -0.2) is 15.0 Å². The fraction of sp³-hybridized carbons (Fsp3) is 0.438. The van der Waals surface area contributed by atoms with Crippen molar-refractivity contribution in [3.63, 3.8) is 0 Å². The fourth-order valence-corrected chi connectivity index (χ4v) is 6.56. The van der Waals surface area contributed by atoms with Crippen LogP contribution in [0.25, 0.3) is 11.2 Å². The van der Waals surface area contributed by atoms with Crippen molar-refractivity contribution in [1.82, 2.24) is 19.5 Å². The van der Waals surface area contributed by atoms with Gasteiger partial charge in [-0.1, -0.05) is 63.6 Å². The Morgan fingerprint density at radius 2 is 1.70 bits per heavy atom. The minimum Gasteiger partial charge on any atom is -0.407 e. The number of amides is 1. The number of nitrogens with one attached hydrogen (secondary N) is 1. The Hall–Kier alpha value is -3.53. The molecule has 1 aliphatic rings. The number of hydrogen-bond donors (Lipinski definition) is 2. The second kappa shape index (κ2) is 14.1. The highest BCUT2D eigenvalue weighted by molar-refractivity contribution is 7.85. The van der Waals surface area contributed by atoms with Crippen LogP contribution < -0.4 is 5.32 Å². The summed E-state index contributed by atoms with van der Waals surface area (Å²) < 4.78 is 50.7. The molecule has 46 heavy (non-hydrogen) atoms. The molecule has 2 N–H and O–H groups in total. The van der Waals surface area contributed by atoms with Crippen LogP contribution in [0.15, 0.2) is 72.1 Å². The van der Waals surface area contributed by atoms with Gasteiger partial charge in [0.1, 0.15) is 18.5 Å². The molecule has 3 heterocycles. The lowest BCUT2D eigenvalue weighted by atomic mass is 10.1. The number of nitrogens with zero attached hydrogens (tertiary/aromatic N) is 4. The van der Waals surface area contributed by atoms with Crippen molar-refractivity contribution in [2.45, 2.75) is 88.6 Å². The van der Waals surface area contributed by atoms with E-state index in [1.807, 2.05) is 29.7 Å². The molecule has 0 aliphatic carbocycles. The number of fused-ring (bicyclic) bond motifs is 1. The number of ether oxygens (including phenoxy) is 2. The zero-order valence-corrected chi connectivity index (χ0v) is 29.3. The van der Waals surface area contributed by atoms with Crippen LogP contribution in [0.5, 0.6) is 0 Å². The van der Waals surface area contributed by atoms with Gasteiger partial charge < -0.3 is 19.2 Å². The maximum absolute atomic E-state index is 12.7. The van der Waals surface area contributed by atoms with Crippen molar-refractivity contribution in [3.8, 4) is 0 Å². The predicted octanol–water partition coefficient (Wildman–Crippen LogP) is 6.03. The monoisotopic (exact) mass is 669 g/mol. The van der Waals surface area contributed by atoms with Gasteiger partial charge in [0.2, 0.25) is 0 Å². The zero-order valence-electron chi connectivity index (χ0n) is 27.5. The predicted molar refractivity (Wildman–Crippen MR) is 178 cm³/mol. The Balaban J connectivity index is 0.000000369. The molecule has 2 aromatic heterocycles. The summed E-state index contributed by atoms with van der Waals surface area (Å²) in [4.78, 5) is 26.0. The van der Waals surface area contributed by atoms with E-state index in [9.17, 15) is 13.2 Å². The van der Waals surface area contributed by atoms with Crippen LogP contribution in [0.3, 0.4) is 0 Å². The topological polar surface area (TPSA) is 155 Å². The molecule has 0 unspecified atom stereocenters. The number of rotatable bonds is 8. The summed E-state index contributed by atoms with van der Waals surface area (Å²) in [5.41, 5.74) is 2.54. The fourth-order valence-electron chi connectivity index (χ4n) is 4.80. The van der Waals surface area contributed by atoms with E-state index < -0.39 is 24.7 Å². The van der Waals surface area contributed by atoms with Gasteiger partial charge in [0, 0.05) is 12.7 Å². The SMILES string of the molecule is CC[C@H]1O[C@@H](n2cnc3c(NC(=O)c4ccccc4)ncnc32)[C@H](O[Si](C)(C)C(C)(C)C)[C@@H]1OC.Cc1ccc(S(=O)(=O)O)cc1. The number of benzene rings is 2. The van der Waals surface area contributed by atoms with Gasteiger partial charge in [0.05, 0.1) is 17.3 Å². The lowest BCUT2D eigenvalue weighted by Crippen LogP contribution is -2.49. The molecule has 5 rings (SSSR count). The third-order valence-corrected chi connectivity index (χ3v) is 13.8. The number of carbonyl (C=O) groups is 1. The van der Waals surface area contributed by atoms with Crippen LogP contribution in [0, 0.1) is 6.92 Å². The molecule has 0 bridgehead atoms. The lowest BCUT2D eigenvalue weighted by Gasteiger charge is -2.40. The van der Waals surface area contributed by atoms with Crippen molar-refractivity contribution < 1.29 is 31.7 Å². The van der Waals surface area contributed by atoms with Crippen LogP contribution in [0.1, 0.15) is 56.3 Å². The Bertz CT molecular complexity index is 1740. The molecule has 2 aromatic carbocycles. The number of methoxy groups -OCH3 is 1. The third kappa shape index (κ3) is 7.87. The Morgan fingerprint density at radius 3 is 2.26 bits per heavy atom. The van der Waals surface area contributed by atoms with Gasteiger partial charge in [-0.2, -0.15) is 8.42 Å². The summed E-state index contributed by atoms with van der Waals surface area (Å²) in [7, 11) is -4.46. The Labute approximate surface area is 271 Å². The first-order valence-corrected chi connectivity index (χ1v) is 19.4. The second-order valence-corrected chi connectivity index (χ2v) is 18.8. The van der Waals surface area contributed by atoms with E-state index in [0.29, 0.717) is 22.5 Å². The number of anilines is 1. The average molecular weight is 670 g/mol. The molecule has 0 radical (unpaired) electrons. The molecule has 14 heteroatoms. The minimum absolute atomic E-state index is 0.0220. The van der Waals surface area contributed by atoms with Gasteiger partial charge in [-0.3, -0.25) is 13.9 Å². The van der Waals surface area contributed by atoms with Crippen molar-refractivity contribution in [3.05, 3.63) is 78.4 Å². The highest BCUT2D eigenvalue weighted by Gasteiger charge is 2.51. The zero-order chi connectivity index (χ0) is 33.9. The average Bonchev–Trinajstić information content (AvgIpc) is 3.58. The summed E-state index contributed by atoms with van der Waals surface area (Å²) >= 11 is 0. The second-order valence-electron chi connectivity index (χ2n) is 12.7. The number of aryl methyl sites for hydroxylation is 1. The Morgan fingerprint density at radius 1 is 1.04 bits per heavy atom. The smallest absolute Gasteiger partial charge is 0.294 e. The summed E-state index contributed by atoms with van der Waals surface area (Å²) in [6.07, 6.45) is 2.72. The molecule has 12 nitrogen and oxygen atoms in total. The summed E-state index contributed by atoms with van der Waals surface area (Å²) in [6.45, 7) is 15.0. The van der Waals surface area contributed by atoms with Crippen LogP contribution in [-0.2, 0) is 24.0 Å². The number of aromatic nitrogens is 4. The molecular formula is C32H43N5O7SSi. The maximum Gasteiger partial charge on any atom is 0.294 e. The van der Waals surface area contributed by atoms with Crippen molar-refractivity contribution in [1.29, 1.82) is 0 Å². The summed E-state index contributed by atoms with van der Waals surface area (Å²) in [6, 6.07) is 15.0. The molecule has 1 aliphatic heterocycles. The van der Waals surface area contributed by atoms with Crippen molar-refractivity contribution in [2.24, 2.45) is 0 Å². The first-order chi connectivity index (χ1) is 21.6. The van der Waals surface area contributed by atoms with Gasteiger partial charge in [0.25, 0.3) is 16.0 Å². The highest BCUT2D eigenvalue weighted by atomic mass is 32.2. The standard InChI is InChI=1S/C25H35N5O4Si.C7H8O3S/c1-8-17-19(32-5)20(34-35(6,7)25(2,3)4)24(33-17)30-15-28-18-21(26-14-27-22(18)30)29-23(31)16-12-10-9-11-13-16;1-6-2-4-7(5-3-6)11(8,9)10/h9-15,17,19-20,24H,8H2,1-7H3,(H,26,27,29,31);2-5H,1H3,(H,8,9,10)/t17-,19-,20-,24-;/m1./s1. The van der Waals surface area contributed by atoms with Crippen molar-refractivity contribution in [2.75, 3.05) is 12.4 Å². The van der Waals surface area contributed by atoms with Gasteiger partial charge in [-0.05, 0) is 55.7 Å². The molecule has 0 spiro atoms. The van der Waals surface area contributed by atoms with E-state index >= 15 is 0 Å². The Kier molecular flexibility index (Phi) is 10.8. The van der Waals surface area contributed by atoms with E-state index in [1.54, 1.807) is 37.7 Å². The van der Waals surface area contributed by atoms with Gasteiger partial charge >= 0.3 is 0 Å². The summed E-state index contributed by atoms with van der Waals surface area (Å²) in [5.74, 6) is 0.0831. The maximum atomic E-state index is 12.7. The number of imidazole rings is 1. The molecule has 1 fully saturated rings. The van der Waals surface area contributed by atoms with Crippen LogP contribution >= 0.6 is 0 Å². The molecule has 0 saturated carbocycles. The molecule has 1 saturated heterocycles. The van der Waals surface area contributed by atoms with E-state index in [1.165, 1.54) is 18.5 Å². The van der Waals surface area contributed by atoms with E-state index in [-0.39, 0.29) is 34.2 Å². The van der Waals surface area contributed by atoms with E-state index in [4.69, 9.17) is 18.5 Å². The summed E-state index contributed by atoms with van der Waals surface area (Å²) in [5, 5.41) is 2.88. The van der Waals surface area contributed by atoms with Gasteiger partial charge in [-0.15, -0.1) is 0 Å². The lowest BCUT2D eigenvalue weighted by molar-refractivity contribution is -0.0332. The number of carbonyl (C=O) groups excluding carboxylic acids is 1. The van der Waals surface area contributed by atoms with Crippen molar-refractivity contribution >= 4 is 41.3 Å². The first-order valence-electron chi connectivity index (χ1n) is 15.0. The van der Waals surface area contributed by atoms with E-state index in [0.717, 1.165) is 12.0 Å². The molecule has 1 amide bonds. The third-order valence-electron chi connectivity index (χ3n) is 8.42. The van der Waals surface area contributed by atoms with Crippen LogP contribution in [0.4, 0.5) is 5.82 Å². The van der Waals surface area contributed by atoms with Crippen LogP contribution in [-0.4, -0.2) is 72.1 Å².